The first-order chi connectivity index (χ1) is 11.4. The number of imide groups is 1. The van der Waals surface area contributed by atoms with E-state index in [1.165, 1.54) is 12.4 Å². The Labute approximate surface area is 147 Å². The van der Waals surface area contributed by atoms with E-state index >= 15 is 0 Å². The predicted octanol–water partition coefficient (Wildman–Crippen LogP) is 3.61. The van der Waals surface area contributed by atoms with E-state index in [4.69, 9.17) is 14.7 Å². The molecule has 0 aliphatic heterocycles. The molecule has 1 aromatic rings. The summed E-state index contributed by atoms with van der Waals surface area (Å²) < 4.78 is 10.5. The zero-order valence-electron chi connectivity index (χ0n) is 15.5. The fraction of sp³-hybridized carbons (Fsp3) is 0.588. The van der Waals surface area contributed by atoms with Crippen molar-refractivity contribution < 1.29 is 19.1 Å². The highest BCUT2D eigenvalue weighted by Crippen LogP contribution is 2.19. The first kappa shape index (κ1) is 20.4. The van der Waals surface area contributed by atoms with Crippen LogP contribution in [0.15, 0.2) is 12.4 Å². The molecule has 0 fully saturated rings. The van der Waals surface area contributed by atoms with Crippen LogP contribution in [0.5, 0.6) is 0 Å². The van der Waals surface area contributed by atoms with Crippen LogP contribution in [0.4, 0.5) is 15.4 Å². The van der Waals surface area contributed by atoms with Gasteiger partial charge in [0.15, 0.2) is 5.82 Å². The van der Waals surface area contributed by atoms with Crippen molar-refractivity contribution in [3.63, 3.8) is 0 Å². The monoisotopic (exact) mass is 348 g/mol. The summed E-state index contributed by atoms with van der Waals surface area (Å²) in [7, 11) is 0. The number of hydrogen-bond donors (Lipinski definition) is 0. The number of nitriles is 1. The molecule has 1 rings (SSSR count). The highest BCUT2D eigenvalue weighted by molar-refractivity contribution is 6.08. The Bertz CT molecular complexity index is 623. The van der Waals surface area contributed by atoms with E-state index in [0.717, 1.165) is 0 Å². The van der Waals surface area contributed by atoms with Crippen molar-refractivity contribution in [3.05, 3.63) is 18.1 Å². The summed E-state index contributed by atoms with van der Waals surface area (Å²) in [6.45, 7) is 10.1. The van der Waals surface area contributed by atoms with Crippen LogP contribution in [0, 0.1) is 11.3 Å². The zero-order chi connectivity index (χ0) is 19.3. The number of carbonyl (C=O) groups excluding carboxylic acids is 2. The molecule has 0 saturated carbocycles. The molecule has 0 N–H and O–H groups in total. The van der Waals surface area contributed by atoms with Gasteiger partial charge in [0.25, 0.3) is 0 Å². The van der Waals surface area contributed by atoms with Crippen LogP contribution in [-0.2, 0) is 15.9 Å². The van der Waals surface area contributed by atoms with E-state index in [1.807, 2.05) is 6.07 Å². The maximum absolute atomic E-state index is 12.4. The van der Waals surface area contributed by atoms with Crippen molar-refractivity contribution in [2.75, 3.05) is 4.90 Å². The number of hydrogen-bond acceptors (Lipinski definition) is 7. The number of rotatable bonds is 3. The van der Waals surface area contributed by atoms with Crippen molar-refractivity contribution in [3.8, 4) is 6.07 Å². The van der Waals surface area contributed by atoms with E-state index in [-0.39, 0.29) is 5.82 Å². The molecular weight excluding hydrogens is 324 g/mol. The molecule has 0 aromatic carbocycles. The molecule has 25 heavy (non-hydrogen) atoms. The third kappa shape index (κ3) is 7.16. The Hall–Kier alpha value is -2.69. The minimum atomic E-state index is -0.902. The average Bonchev–Trinajstić information content (AvgIpc) is 2.42. The summed E-state index contributed by atoms with van der Waals surface area (Å²) in [6.07, 6.45) is 1.62. The van der Waals surface area contributed by atoms with Crippen LogP contribution in [0.1, 0.15) is 53.7 Å². The summed E-state index contributed by atoms with van der Waals surface area (Å²) in [6, 6.07) is 2.02. The SMILES string of the molecule is CC(C)(C)OC(=O)N(C(=O)OC(C)(C)C)c1cnc(CCC#N)cn1. The van der Waals surface area contributed by atoms with Crippen LogP contribution in [0.3, 0.4) is 0 Å². The Kier molecular flexibility index (Phi) is 6.45. The van der Waals surface area contributed by atoms with Crippen molar-refractivity contribution >= 4 is 18.0 Å². The summed E-state index contributed by atoms with van der Waals surface area (Å²) >= 11 is 0. The Morgan fingerprint density at radius 3 is 1.92 bits per heavy atom. The smallest absolute Gasteiger partial charge is 0.425 e. The number of nitrogens with zero attached hydrogens (tertiary/aromatic N) is 4. The molecule has 8 nitrogen and oxygen atoms in total. The normalized spacial score (nSPS) is 11.4. The first-order valence-electron chi connectivity index (χ1n) is 7.87. The van der Waals surface area contributed by atoms with Gasteiger partial charge in [-0.1, -0.05) is 0 Å². The molecule has 8 heteroatoms. The Morgan fingerprint density at radius 2 is 1.56 bits per heavy atom. The highest BCUT2D eigenvalue weighted by Gasteiger charge is 2.33. The largest absolute Gasteiger partial charge is 0.443 e. The molecule has 0 spiro atoms. The second-order valence-electron chi connectivity index (χ2n) is 7.32. The van der Waals surface area contributed by atoms with Crippen molar-refractivity contribution in [2.45, 2.75) is 65.6 Å². The van der Waals surface area contributed by atoms with Gasteiger partial charge in [-0.3, -0.25) is 4.98 Å². The molecule has 0 saturated heterocycles. The lowest BCUT2D eigenvalue weighted by molar-refractivity contribution is 0.0429. The molecule has 0 atom stereocenters. The minimum Gasteiger partial charge on any atom is -0.443 e. The van der Waals surface area contributed by atoms with Gasteiger partial charge in [-0.05, 0) is 41.5 Å². The van der Waals surface area contributed by atoms with Gasteiger partial charge >= 0.3 is 12.2 Å². The summed E-state index contributed by atoms with van der Waals surface area (Å²) in [4.78, 5) is 33.8. The molecule has 0 radical (unpaired) electrons. The summed E-state index contributed by atoms with van der Waals surface area (Å²) in [5.41, 5.74) is -1.01. The minimum absolute atomic E-state index is 0.00999. The van der Waals surface area contributed by atoms with Crippen LogP contribution >= 0.6 is 0 Å². The Morgan fingerprint density at radius 1 is 1.04 bits per heavy atom. The number of carbonyl (C=O) groups is 2. The molecule has 0 bridgehead atoms. The Balaban J connectivity index is 3.11. The topological polar surface area (TPSA) is 105 Å². The molecule has 2 amide bonds. The third-order valence-corrected chi connectivity index (χ3v) is 2.57. The quantitative estimate of drug-likeness (QED) is 0.821. The molecule has 136 valence electrons. The van der Waals surface area contributed by atoms with Crippen LogP contribution in [0.25, 0.3) is 0 Å². The van der Waals surface area contributed by atoms with Crippen LogP contribution in [0.2, 0.25) is 0 Å². The predicted molar refractivity (Wildman–Crippen MR) is 90.9 cm³/mol. The van der Waals surface area contributed by atoms with Crippen LogP contribution < -0.4 is 4.90 Å². The van der Waals surface area contributed by atoms with Gasteiger partial charge in [-0.2, -0.15) is 10.2 Å². The molecule has 0 unspecified atom stereocenters. The molecular formula is C17H24N4O4. The van der Waals surface area contributed by atoms with E-state index in [0.29, 0.717) is 23.4 Å². The second kappa shape index (κ2) is 7.92. The van der Waals surface area contributed by atoms with Crippen molar-refractivity contribution in [1.82, 2.24) is 9.97 Å². The average molecular weight is 348 g/mol. The van der Waals surface area contributed by atoms with Gasteiger partial charge in [0.2, 0.25) is 0 Å². The fourth-order valence-corrected chi connectivity index (χ4v) is 1.65. The molecule has 1 heterocycles. The van der Waals surface area contributed by atoms with Gasteiger partial charge in [0, 0.05) is 12.8 Å². The third-order valence-electron chi connectivity index (χ3n) is 2.57. The zero-order valence-corrected chi connectivity index (χ0v) is 15.5. The molecule has 1 aromatic heterocycles. The number of aromatic nitrogens is 2. The van der Waals surface area contributed by atoms with Gasteiger partial charge in [0.05, 0.1) is 24.2 Å². The highest BCUT2D eigenvalue weighted by atomic mass is 16.6. The number of anilines is 1. The van der Waals surface area contributed by atoms with Gasteiger partial charge in [-0.15, -0.1) is 0 Å². The van der Waals surface area contributed by atoms with Crippen molar-refractivity contribution in [2.24, 2.45) is 0 Å². The number of amides is 2. The molecule has 0 aliphatic rings. The number of aryl methyl sites for hydroxylation is 1. The lowest BCUT2D eigenvalue weighted by Gasteiger charge is -2.27. The summed E-state index contributed by atoms with van der Waals surface area (Å²) in [5, 5.41) is 8.60. The lowest BCUT2D eigenvalue weighted by atomic mass is 10.2. The second-order valence-corrected chi connectivity index (χ2v) is 7.32. The van der Waals surface area contributed by atoms with E-state index in [9.17, 15) is 9.59 Å². The maximum atomic E-state index is 12.4. The van der Waals surface area contributed by atoms with Gasteiger partial charge in [-0.25, -0.2) is 14.6 Å². The first-order valence-corrected chi connectivity index (χ1v) is 7.87. The van der Waals surface area contributed by atoms with E-state index < -0.39 is 23.4 Å². The van der Waals surface area contributed by atoms with E-state index in [2.05, 4.69) is 9.97 Å². The van der Waals surface area contributed by atoms with Gasteiger partial charge < -0.3 is 9.47 Å². The molecule has 0 aliphatic carbocycles. The van der Waals surface area contributed by atoms with Crippen molar-refractivity contribution in [1.29, 1.82) is 5.26 Å². The summed E-state index contributed by atoms with van der Waals surface area (Å²) in [5.74, 6) is -0.00999. The number of ether oxygens (including phenoxy) is 2. The maximum Gasteiger partial charge on any atom is 0.425 e. The van der Waals surface area contributed by atoms with Gasteiger partial charge in [0.1, 0.15) is 11.2 Å². The van der Waals surface area contributed by atoms with E-state index in [1.54, 1.807) is 41.5 Å². The fourth-order valence-electron chi connectivity index (χ4n) is 1.65. The standard InChI is InChI=1S/C17H24N4O4/c1-16(2,3)24-14(22)21(15(23)25-17(4,5)6)13-11-19-12(10-20-13)8-7-9-18/h10-11H,7-8H2,1-6H3. The lowest BCUT2D eigenvalue weighted by Crippen LogP contribution is -2.44. The van der Waals surface area contributed by atoms with Crippen LogP contribution in [-0.4, -0.2) is 33.4 Å².